The van der Waals surface area contributed by atoms with E-state index in [2.05, 4.69) is 25.7 Å². The van der Waals surface area contributed by atoms with Gasteiger partial charge in [0.25, 0.3) is 11.5 Å². The Labute approximate surface area is 211 Å². The third-order valence-corrected chi connectivity index (χ3v) is 7.99. The second-order valence-electron chi connectivity index (χ2n) is 9.78. The SMILES string of the molecule is CCCCCCN1C(=O)/C(=C\c2c(N3CC(C)CC(C)C3)nc3c(C)cccn3c2=O)SC1=S. The molecule has 2 aromatic heterocycles. The van der Waals surface area contributed by atoms with Crippen LogP contribution in [0.2, 0.25) is 0 Å². The Morgan fingerprint density at radius 3 is 2.62 bits per heavy atom. The first-order valence-electron chi connectivity index (χ1n) is 12.3. The van der Waals surface area contributed by atoms with Crippen molar-refractivity contribution in [1.29, 1.82) is 0 Å². The number of hydrogen-bond donors (Lipinski definition) is 0. The van der Waals surface area contributed by atoms with E-state index in [1.165, 1.54) is 11.8 Å². The maximum Gasteiger partial charge on any atom is 0.267 e. The largest absolute Gasteiger partial charge is 0.355 e. The molecule has 2 saturated heterocycles. The van der Waals surface area contributed by atoms with Gasteiger partial charge in [0.2, 0.25) is 0 Å². The van der Waals surface area contributed by atoms with E-state index in [0.29, 0.717) is 44.6 Å². The molecule has 34 heavy (non-hydrogen) atoms. The molecule has 6 nitrogen and oxygen atoms in total. The molecule has 2 atom stereocenters. The summed E-state index contributed by atoms with van der Waals surface area (Å²) in [6.45, 7) is 10.9. The molecule has 0 radical (unpaired) electrons. The van der Waals surface area contributed by atoms with E-state index in [9.17, 15) is 9.59 Å². The third kappa shape index (κ3) is 5.08. The number of thiocarbonyl (C=S) groups is 1. The zero-order valence-electron chi connectivity index (χ0n) is 20.5. The predicted molar refractivity (Wildman–Crippen MR) is 145 cm³/mol. The van der Waals surface area contributed by atoms with Gasteiger partial charge in [0.15, 0.2) is 0 Å². The number of aryl methyl sites for hydroxylation is 1. The van der Waals surface area contributed by atoms with Gasteiger partial charge in [0.05, 0.1) is 10.5 Å². The molecule has 8 heteroatoms. The lowest BCUT2D eigenvalue weighted by Crippen LogP contribution is -2.40. The Bertz CT molecular complexity index is 1180. The van der Waals surface area contributed by atoms with Crippen molar-refractivity contribution in [2.75, 3.05) is 24.5 Å². The quantitative estimate of drug-likeness (QED) is 0.295. The van der Waals surface area contributed by atoms with Gasteiger partial charge in [-0.3, -0.25) is 18.9 Å². The highest BCUT2D eigenvalue weighted by atomic mass is 32.2. The Balaban J connectivity index is 1.76. The lowest BCUT2D eigenvalue weighted by molar-refractivity contribution is -0.122. The van der Waals surface area contributed by atoms with Crippen LogP contribution in [0.25, 0.3) is 11.7 Å². The van der Waals surface area contributed by atoms with E-state index in [1.54, 1.807) is 21.6 Å². The minimum absolute atomic E-state index is 0.105. The first kappa shape index (κ1) is 24.9. The maximum absolute atomic E-state index is 13.7. The van der Waals surface area contributed by atoms with Gasteiger partial charge in [-0.2, -0.15) is 0 Å². The van der Waals surface area contributed by atoms with Crippen LogP contribution >= 0.6 is 24.0 Å². The molecule has 0 bridgehead atoms. The van der Waals surface area contributed by atoms with Crippen LogP contribution in [0.4, 0.5) is 5.82 Å². The number of aromatic nitrogens is 2. The third-order valence-electron chi connectivity index (χ3n) is 6.62. The highest BCUT2D eigenvalue weighted by Gasteiger charge is 2.33. The van der Waals surface area contributed by atoms with Crippen molar-refractivity contribution in [2.45, 2.75) is 59.8 Å². The Kier molecular flexibility index (Phi) is 7.77. The molecule has 0 spiro atoms. The van der Waals surface area contributed by atoms with Gasteiger partial charge in [-0.1, -0.05) is 70.1 Å². The number of anilines is 1. The number of rotatable bonds is 7. The predicted octanol–water partition coefficient (Wildman–Crippen LogP) is 5.27. The van der Waals surface area contributed by atoms with Crippen LogP contribution in [0, 0.1) is 18.8 Å². The van der Waals surface area contributed by atoms with Crippen LogP contribution in [-0.2, 0) is 4.79 Å². The van der Waals surface area contributed by atoms with Gasteiger partial charge in [-0.15, -0.1) is 0 Å². The van der Waals surface area contributed by atoms with E-state index in [0.717, 1.165) is 50.8 Å². The normalized spacial score (nSPS) is 22.4. The zero-order chi connectivity index (χ0) is 24.4. The number of unbranched alkanes of at least 4 members (excludes halogenated alkanes) is 3. The summed E-state index contributed by atoms with van der Waals surface area (Å²) in [7, 11) is 0. The second-order valence-corrected chi connectivity index (χ2v) is 11.5. The van der Waals surface area contributed by atoms with Crippen LogP contribution in [0.15, 0.2) is 28.0 Å². The van der Waals surface area contributed by atoms with Crippen molar-refractivity contribution in [3.8, 4) is 0 Å². The average molecular weight is 499 g/mol. The van der Waals surface area contributed by atoms with E-state index in [4.69, 9.17) is 17.2 Å². The number of thioether (sulfide) groups is 1. The minimum Gasteiger partial charge on any atom is -0.355 e. The van der Waals surface area contributed by atoms with E-state index < -0.39 is 0 Å². The molecule has 4 rings (SSSR count). The summed E-state index contributed by atoms with van der Waals surface area (Å²) in [5.41, 5.74) is 1.93. The summed E-state index contributed by atoms with van der Waals surface area (Å²) in [4.78, 5) is 36.3. The molecule has 0 saturated carbocycles. The van der Waals surface area contributed by atoms with Gasteiger partial charge in [0, 0.05) is 25.8 Å². The summed E-state index contributed by atoms with van der Waals surface area (Å²) in [5.74, 6) is 1.59. The van der Waals surface area contributed by atoms with Gasteiger partial charge in [-0.05, 0) is 49.3 Å². The fourth-order valence-electron chi connectivity index (χ4n) is 5.02. The van der Waals surface area contributed by atoms with Crippen LogP contribution in [-0.4, -0.2) is 44.1 Å². The molecule has 4 heterocycles. The summed E-state index contributed by atoms with van der Waals surface area (Å²) in [6.07, 6.45) is 8.95. The molecular weight excluding hydrogens is 464 g/mol. The molecule has 2 aliphatic rings. The summed E-state index contributed by atoms with van der Waals surface area (Å²) < 4.78 is 2.16. The fraction of sp³-hybridized carbons (Fsp3) is 0.538. The Hall–Kier alpha value is -2.19. The van der Waals surface area contributed by atoms with Gasteiger partial charge >= 0.3 is 0 Å². The van der Waals surface area contributed by atoms with Crippen molar-refractivity contribution in [3.63, 3.8) is 0 Å². The number of hydrogen-bond acceptors (Lipinski definition) is 6. The molecule has 0 aromatic carbocycles. The van der Waals surface area contributed by atoms with Gasteiger partial charge < -0.3 is 4.90 Å². The molecule has 0 N–H and O–H groups in total. The molecule has 2 unspecified atom stereocenters. The monoisotopic (exact) mass is 498 g/mol. The average Bonchev–Trinajstić information content (AvgIpc) is 3.05. The Morgan fingerprint density at radius 2 is 1.91 bits per heavy atom. The lowest BCUT2D eigenvalue weighted by Gasteiger charge is -2.36. The van der Waals surface area contributed by atoms with E-state index in [-0.39, 0.29) is 11.5 Å². The first-order valence-corrected chi connectivity index (χ1v) is 13.5. The summed E-state index contributed by atoms with van der Waals surface area (Å²) in [6, 6.07) is 3.83. The lowest BCUT2D eigenvalue weighted by atomic mass is 9.91. The number of amides is 1. The molecule has 2 fully saturated rings. The Morgan fingerprint density at radius 1 is 1.18 bits per heavy atom. The van der Waals surface area contributed by atoms with Gasteiger partial charge in [0.1, 0.15) is 15.8 Å². The second kappa shape index (κ2) is 10.6. The van der Waals surface area contributed by atoms with Gasteiger partial charge in [-0.25, -0.2) is 4.98 Å². The molecule has 2 aliphatic heterocycles. The summed E-state index contributed by atoms with van der Waals surface area (Å²) >= 11 is 6.81. The first-order chi connectivity index (χ1) is 16.3. The van der Waals surface area contributed by atoms with Crippen molar-refractivity contribution >= 4 is 51.7 Å². The molecule has 2 aromatic rings. The number of carbonyl (C=O) groups excluding carboxylic acids is 1. The highest BCUT2D eigenvalue weighted by Crippen LogP contribution is 2.35. The van der Waals surface area contributed by atoms with E-state index in [1.807, 2.05) is 19.1 Å². The topological polar surface area (TPSA) is 57.9 Å². The van der Waals surface area contributed by atoms with Crippen LogP contribution in [0.5, 0.6) is 0 Å². The number of pyridine rings is 1. The molecule has 0 aliphatic carbocycles. The van der Waals surface area contributed by atoms with Crippen LogP contribution < -0.4 is 10.5 Å². The molecule has 1 amide bonds. The van der Waals surface area contributed by atoms with Crippen molar-refractivity contribution < 1.29 is 4.79 Å². The highest BCUT2D eigenvalue weighted by molar-refractivity contribution is 8.26. The maximum atomic E-state index is 13.7. The smallest absolute Gasteiger partial charge is 0.267 e. The molecular formula is C26H34N4O2S2. The van der Waals surface area contributed by atoms with E-state index >= 15 is 0 Å². The zero-order valence-corrected chi connectivity index (χ0v) is 22.2. The number of fused-ring (bicyclic) bond motifs is 1. The molecule has 182 valence electrons. The number of carbonyl (C=O) groups is 1. The number of piperidine rings is 1. The van der Waals surface area contributed by atoms with Crippen LogP contribution in [0.1, 0.15) is 64.0 Å². The van der Waals surface area contributed by atoms with Crippen molar-refractivity contribution in [2.24, 2.45) is 11.8 Å². The standard InChI is InChI=1S/C26H34N4O2S2/c1-5-6-7-8-11-30-25(32)21(34-26(30)33)14-20-23(28-15-17(2)13-18(3)16-28)27-22-19(4)10-9-12-29(22)24(20)31/h9-10,12,14,17-18H,5-8,11,13,15-16H2,1-4H3/b21-14+. The summed E-state index contributed by atoms with van der Waals surface area (Å²) in [5, 5.41) is 0. The fourth-order valence-corrected chi connectivity index (χ4v) is 6.31. The van der Waals surface area contributed by atoms with Crippen molar-refractivity contribution in [3.05, 3.63) is 44.7 Å². The number of nitrogens with zero attached hydrogens (tertiary/aromatic N) is 4. The minimum atomic E-state index is -0.150. The van der Waals surface area contributed by atoms with Crippen LogP contribution in [0.3, 0.4) is 0 Å². The van der Waals surface area contributed by atoms with Crippen molar-refractivity contribution in [1.82, 2.24) is 14.3 Å².